The molecule has 0 bridgehead atoms. The van der Waals surface area contributed by atoms with Crippen LogP contribution in [-0.2, 0) is 12.8 Å². The van der Waals surface area contributed by atoms with Crippen molar-refractivity contribution in [1.82, 2.24) is 4.98 Å². The number of hydrogen-bond donors (Lipinski definition) is 1. The van der Waals surface area contributed by atoms with Crippen molar-refractivity contribution < 1.29 is 4.39 Å². The summed E-state index contributed by atoms with van der Waals surface area (Å²) in [7, 11) is 0. The van der Waals surface area contributed by atoms with E-state index in [-0.39, 0.29) is 5.82 Å². The molecular formula is C14H17FN2S. The van der Waals surface area contributed by atoms with Gasteiger partial charge in [-0.15, -0.1) is 11.3 Å². The zero-order valence-electron chi connectivity index (χ0n) is 10.6. The van der Waals surface area contributed by atoms with Crippen molar-refractivity contribution >= 4 is 11.3 Å². The van der Waals surface area contributed by atoms with Gasteiger partial charge in [0.05, 0.1) is 10.7 Å². The minimum Gasteiger partial charge on any atom is -0.325 e. The smallest absolute Gasteiger partial charge is 0.126 e. The SMILES string of the molecule is Cc1nc(CC(C)(N)Cc2ccccc2F)cs1. The summed E-state index contributed by atoms with van der Waals surface area (Å²) in [6, 6.07) is 6.78. The Balaban J connectivity index is 2.10. The van der Waals surface area contributed by atoms with Gasteiger partial charge < -0.3 is 5.73 Å². The van der Waals surface area contributed by atoms with Gasteiger partial charge in [-0.25, -0.2) is 9.37 Å². The fraction of sp³-hybridized carbons (Fsp3) is 0.357. The van der Waals surface area contributed by atoms with Gasteiger partial charge in [-0.2, -0.15) is 0 Å². The van der Waals surface area contributed by atoms with Crippen molar-refractivity contribution in [3.05, 3.63) is 51.7 Å². The van der Waals surface area contributed by atoms with Crippen LogP contribution in [0, 0.1) is 12.7 Å². The highest BCUT2D eigenvalue weighted by Gasteiger charge is 2.22. The van der Waals surface area contributed by atoms with E-state index in [1.807, 2.05) is 25.3 Å². The van der Waals surface area contributed by atoms with E-state index < -0.39 is 5.54 Å². The van der Waals surface area contributed by atoms with Gasteiger partial charge in [-0.05, 0) is 31.9 Å². The summed E-state index contributed by atoms with van der Waals surface area (Å²) in [4.78, 5) is 4.40. The fourth-order valence-electron chi connectivity index (χ4n) is 2.04. The number of rotatable bonds is 4. The number of aryl methyl sites for hydroxylation is 1. The number of thiazole rings is 1. The quantitative estimate of drug-likeness (QED) is 0.921. The molecule has 0 aliphatic heterocycles. The van der Waals surface area contributed by atoms with Crippen LogP contribution in [0.1, 0.15) is 23.2 Å². The summed E-state index contributed by atoms with van der Waals surface area (Å²) in [5, 5.41) is 3.05. The van der Waals surface area contributed by atoms with Gasteiger partial charge in [0.1, 0.15) is 5.82 Å². The van der Waals surface area contributed by atoms with E-state index in [9.17, 15) is 4.39 Å². The molecule has 1 unspecified atom stereocenters. The molecule has 1 aromatic carbocycles. The minimum absolute atomic E-state index is 0.191. The third kappa shape index (κ3) is 3.37. The van der Waals surface area contributed by atoms with Crippen molar-refractivity contribution in [2.24, 2.45) is 5.73 Å². The molecule has 1 aromatic heterocycles. The summed E-state index contributed by atoms with van der Waals surface area (Å²) in [6.45, 7) is 3.91. The molecule has 0 saturated carbocycles. The number of nitrogens with zero attached hydrogens (tertiary/aromatic N) is 1. The van der Waals surface area contributed by atoms with Crippen LogP contribution in [0.5, 0.6) is 0 Å². The van der Waals surface area contributed by atoms with E-state index >= 15 is 0 Å². The number of benzene rings is 1. The van der Waals surface area contributed by atoms with Crippen molar-refractivity contribution in [3.8, 4) is 0 Å². The fourth-order valence-corrected chi connectivity index (χ4v) is 2.66. The van der Waals surface area contributed by atoms with Crippen LogP contribution in [0.2, 0.25) is 0 Å². The largest absolute Gasteiger partial charge is 0.325 e. The molecule has 18 heavy (non-hydrogen) atoms. The summed E-state index contributed by atoms with van der Waals surface area (Å²) < 4.78 is 13.6. The van der Waals surface area contributed by atoms with Gasteiger partial charge in [0.2, 0.25) is 0 Å². The molecule has 96 valence electrons. The van der Waals surface area contributed by atoms with Crippen LogP contribution in [-0.4, -0.2) is 10.5 Å². The highest BCUT2D eigenvalue weighted by atomic mass is 32.1. The van der Waals surface area contributed by atoms with E-state index in [1.165, 1.54) is 6.07 Å². The van der Waals surface area contributed by atoms with E-state index in [0.29, 0.717) is 18.4 Å². The standard InChI is InChI=1S/C14H17FN2S/c1-10-17-12(9-18-10)8-14(2,16)7-11-5-3-4-6-13(11)15/h3-6,9H,7-8,16H2,1-2H3. The maximum absolute atomic E-state index is 13.6. The van der Waals surface area contributed by atoms with Gasteiger partial charge in [-0.1, -0.05) is 18.2 Å². The molecule has 0 aliphatic rings. The topological polar surface area (TPSA) is 38.9 Å². The van der Waals surface area contributed by atoms with Crippen molar-refractivity contribution in [2.45, 2.75) is 32.2 Å². The number of nitrogens with two attached hydrogens (primary N) is 1. The Bertz CT molecular complexity index is 534. The van der Waals surface area contributed by atoms with Crippen molar-refractivity contribution in [1.29, 1.82) is 0 Å². The summed E-state index contributed by atoms with van der Waals surface area (Å²) in [5.41, 5.74) is 7.42. The monoisotopic (exact) mass is 264 g/mol. The van der Waals surface area contributed by atoms with Crippen LogP contribution in [0.4, 0.5) is 4.39 Å². The zero-order valence-corrected chi connectivity index (χ0v) is 11.4. The van der Waals surface area contributed by atoms with Crippen LogP contribution in [0.15, 0.2) is 29.6 Å². The Morgan fingerprint density at radius 1 is 1.33 bits per heavy atom. The zero-order chi connectivity index (χ0) is 13.2. The average molecular weight is 264 g/mol. The molecular weight excluding hydrogens is 247 g/mol. The second kappa shape index (κ2) is 5.16. The number of halogens is 1. The third-order valence-electron chi connectivity index (χ3n) is 2.80. The summed E-state index contributed by atoms with van der Waals surface area (Å²) >= 11 is 1.61. The highest BCUT2D eigenvalue weighted by Crippen LogP contribution is 2.19. The van der Waals surface area contributed by atoms with Gasteiger partial charge in [0.25, 0.3) is 0 Å². The maximum atomic E-state index is 13.6. The first-order chi connectivity index (χ1) is 8.46. The Morgan fingerprint density at radius 2 is 2.06 bits per heavy atom. The Hall–Kier alpha value is -1.26. The van der Waals surface area contributed by atoms with Crippen molar-refractivity contribution in [3.63, 3.8) is 0 Å². The molecule has 0 saturated heterocycles. The van der Waals surface area contributed by atoms with E-state index in [2.05, 4.69) is 4.98 Å². The van der Waals surface area contributed by atoms with E-state index in [1.54, 1.807) is 23.5 Å². The Morgan fingerprint density at radius 3 is 2.67 bits per heavy atom. The predicted molar refractivity (Wildman–Crippen MR) is 73.3 cm³/mol. The van der Waals surface area contributed by atoms with Gasteiger partial charge >= 0.3 is 0 Å². The molecule has 4 heteroatoms. The first-order valence-electron chi connectivity index (χ1n) is 5.89. The van der Waals surface area contributed by atoms with Gasteiger partial charge in [0.15, 0.2) is 0 Å². The first kappa shape index (κ1) is 13.2. The Labute approximate surface area is 111 Å². The lowest BCUT2D eigenvalue weighted by molar-refractivity contribution is 0.447. The molecule has 2 rings (SSSR count). The summed E-state index contributed by atoms with van der Waals surface area (Å²) in [5.74, 6) is -0.191. The lowest BCUT2D eigenvalue weighted by atomic mass is 9.89. The maximum Gasteiger partial charge on any atom is 0.126 e. The van der Waals surface area contributed by atoms with E-state index in [4.69, 9.17) is 5.73 Å². The molecule has 0 amide bonds. The Kier molecular flexibility index (Phi) is 3.78. The van der Waals surface area contributed by atoms with Crippen LogP contribution in [0.25, 0.3) is 0 Å². The van der Waals surface area contributed by atoms with Crippen LogP contribution >= 0.6 is 11.3 Å². The predicted octanol–water partition coefficient (Wildman–Crippen LogP) is 3.09. The normalized spacial score (nSPS) is 14.4. The number of aromatic nitrogens is 1. The highest BCUT2D eigenvalue weighted by molar-refractivity contribution is 7.09. The first-order valence-corrected chi connectivity index (χ1v) is 6.77. The molecule has 1 atom stereocenters. The molecule has 2 aromatic rings. The lowest BCUT2D eigenvalue weighted by Crippen LogP contribution is -2.41. The van der Waals surface area contributed by atoms with Crippen LogP contribution < -0.4 is 5.73 Å². The van der Waals surface area contributed by atoms with Crippen LogP contribution in [0.3, 0.4) is 0 Å². The second-order valence-corrected chi connectivity index (χ2v) is 6.02. The molecule has 0 spiro atoms. The number of hydrogen-bond acceptors (Lipinski definition) is 3. The average Bonchev–Trinajstić information content (AvgIpc) is 2.66. The summed E-state index contributed by atoms with van der Waals surface area (Å²) in [6.07, 6.45) is 1.17. The minimum atomic E-state index is -0.483. The van der Waals surface area contributed by atoms with Crippen molar-refractivity contribution in [2.75, 3.05) is 0 Å². The van der Waals surface area contributed by atoms with Gasteiger partial charge in [0, 0.05) is 17.3 Å². The second-order valence-electron chi connectivity index (χ2n) is 4.96. The molecule has 2 N–H and O–H groups in total. The van der Waals surface area contributed by atoms with E-state index in [0.717, 1.165) is 10.7 Å². The molecule has 0 radical (unpaired) electrons. The molecule has 1 heterocycles. The third-order valence-corrected chi connectivity index (χ3v) is 3.63. The molecule has 2 nitrogen and oxygen atoms in total. The molecule has 0 aliphatic carbocycles. The van der Waals surface area contributed by atoms with Gasteiger partial charge in [-0.3, -0.25) is 0 Å². The lowest BCUT2D eigenvalue weighted by Gasteiger charge is -2.24. The molecule has 0 fully saturated rings.